The molecular formula is C20H16O3. The second-order valence-electron chi connectivity index (χ2n) is 5.70. The third kappa shape index (κ3) is 2.34. The van der Waals surface area contributed by atoms with Crippen LogP contribution in [0.2, 0.25) is 0 Å². The number of hydrogen-bond acceptors (Lipinski definition) is 3. The molecule has 1 heterocycles. The first-order valence-corrected chi connectivity index (χ1v) is 7.62. The van der Waals surface area contributed by atoms with Crippen LogP contribution in [-0.4, -0.2) is 13.1 Å². The van der Waals surface area contributed by atoms with E-state index in [1.165, 1.54) is 0 Å². The Hall–Kier alpha value is -2.81. The monoisotopic (exact) mass is 304 g/mol. The van der Waals surface area contributed by atoms with E-state index in [0.29, 0.717) is 12.2 Å². The Bertz CT molecular complexity index is 881. The Morgan fingerprint density at radius 2 is 1.78 bits per heavy atom. The number of carbonyl (C=O) groups is 1. The lowest BCUT2D eigenvalue weighted by Gasteiger charge is -2.26. The summed E-state index contributed by atoms with van der Waals surface area (Å²) in [5, 5.41) is 2.29. The molecule has 23 heavy (non-hydrogen) atoms. The van der Waals surface area contributed by atoms with E-state index in [9.17, 15) is 4.79 Å². The lowest BCUT2D eigenvalue weighted by atomic mass is 9.83. The molecule has 0 saturated heterocycles. The van der Waals surface area contributed by atoms with Crippen molar-refractivity contribution in [3.05, 3.63) is 71.8 Å². The molecule has 0 saturated carbocycles. The first-order chi connectivity index (χ1) is 11.3. The lowest BCUT2D eigenvalue weighted by Crippen LogP contribution is -2.21. The van der Waals surface area contributed by atoms with Crippen LogP contribution < -0.4 is 9.47 Å². The van der Waals surface area contributed by atoms with Gasteiger partial charge in [0.1, 0.15) is 11.5 Å². The zero-order valence-electron chi connectivity index (χ0n) is 12.8. The largest absolute Gasteiger partial charge is 0.497 e. The van der Waals surface area contributed by atoms with Crippen LogP contribution in [-0.2, 0) is 4.79 Å². The van der Waals surface area contributed by atoms with Gasteiger partial charge in [-0.15, -0.1) is 0 Å². The second-order valence-corrected chi connectivity index (χ2v) is 5.70. The quantitative estimate of drug-likeness (QED) is 0.523. The topological polar surface area (TPSA) is 35.5 Å². The fourth-order valence-corrected chi connectivity index (χ4v) is 3.28. The number of benzene rings is 3. The number of fused-ring (bicyclic) bond motifs is 3. The van der Waals surface area contributed by atoms with Crippen LogP contribution in [0.25, 0.3) is 10.8 Å². The van der Waals surface area contributed by atoms with Crippen molar-refractivity contribution in [2.24, 2.45) is 0 Å². The van der Waals surface area contributed by atoms with E-state index in [0.717, 1.165) is 27.6 Å². The van der Waals surface area contributed by atoms with E-state index in [4.69, 9.17) is 9.47 Å². The van der Waals surface area contributed by atoms with Crippen LogP contribution in [0, 0.1) is 0 Å². The zero-order valence-corrected chi connectivity index (χ0v) is 12.8. The van der Waals surface area contributed by atoms with Gasteiger partial charge in [0.15, 0.2) is 0 Å². The maximum atomic E-state index is 12.0. The van der Waals surface area contributed by atoms with Crippen LogP contribution in [0.1, 0.15) is 23.5 Å². The molecule has 0 N–H and O–H groups in total. The minimum absolute atomic E-state index is 0.00301. The standard InChI is InChI=1S/C20H16O3/c1-22-15-9-6-14(7-10-15)17-12-19(21)23-18-11-8-13-4-2-3-5-16(13)20(17)18/h2-11,17H,12H2,1H3/t17-/m1/s1. The molecule has 1 aliphatic heterocycles. The van der Waals surface area contributed by atoms with Gasteiger partial charge >= 0.3 is 5.97 Å². The third-order valence-corrected chi connectivity index (χ3v) is 4.39. The molecule has 3 heteroatoms. The van der Waals surface area contributed by atoms with Gasteiger partial charge in [0.25, 0.3) is 0 Å². The highest BCUT2D eigenvalue weighted by atomic mass is 16.5. The molecule has 114 valence electrons. The van der Waals surface area contributed by atoms with E-state index in [-0.39, 0.29) is 11.9 Å². The molecule has 0 fully saturated rings. The predicted molar refractivity (Wildman–Crippen MR) is 89.0 cm³/mol. The highest BCUT2D eigenvalue weighted by Crippen LogP contribution is 2.43. The van der Waals surface area contributed by atoms with Gasteiger partial charge in [-0.2, -0.15) is 0 Å². The van der Waals surface area contributed by atoms with Gasteiger partial charge in [0, 0.05) is 11.5 Å². The van der Waals surface area contributed by atoms with Crippen molar-refractivity contribution in [3.63, 3.8) is 0 Å². The van der Waals surface area contributed by atoms with E-state index in [1.54, 1.807) is 7.11 Å². The summed E-state index contributed by atoms with van der Waals surface area (Å²) < 4.78 is 10.7. The molecule has 0 bridgehead atoms. The van der Waals surface area contributed by atoms with Gasteiger partial charge in [-0.3, -0.25) is 4.79 Å². The highest BCUT2D eigenvalue weighted by Gasteiger charge is 2.30. The molecule has 0 spiro atoms. The summed E-state index contributed by atoms with van der Waals surface area (Å²) in [6.45, 7) is 0. The van der Waals surface area contributed by atoms with E-state index < -0.39 is 0 Å². The summed E-state index contributed by atoms with van der Waals surface area (Å²) in [4.78, 5) is 12.0. The summed E-state index contributed by atoms with van der Waals surface area (Å²) in [6.07, 6.45) is 0.355. The molecule has 4 rings (SSSR count). The van der Waals surface area contributed by atoms with Gasteiger partial charge in [-0.05, 0) is 34.5 Å². The minimum Gasteiger partial charge on any atom is -0.497 e. The maximum absolute atomic E-state index is 12.0. The average Bonchev–Trinajstić information content (AvgIpc) is 2.60. The number of ether oxygens (including phenoxy) is 2. The Morgan fingerprint density at radius 1 is 1.00 bits per heavy atom. The molecule has 0 unspecified atom stereocenters. The molecule has 0 aromatic heterocycles. The highest BCUT2D eigenvalue weighted by molar-refractivity contribution is 5.92. The summed E-state index contributed by atoms with van der Waals surface area (Å²) in [5.41, 5.74) is 2.19. The molecule has 0 aliphatic carbocycles. The first kappa shape index (κ1) is 13.8. The SMILES string of the molecule is COc1ccc([C@H]2CC(=O)Oc3ccc4ccccc4c32)cc1. The van der Waals surface area contributed by atoms with Crippen LogP contribution in [0.4, 0.5) is 0 Å². The molecule has 1 aliphatic rings. The molecule has 3 aromatic carbocycles. The number of esters is 1. The third-order valence-electron chi connectivity index (χ3n) is 4.39. The summed E-state index contributed by atoms with van der Waals surface area (Å²) in [7, 11) is 1.65. The van der Waals surface area contributed by atoms with Crippen molar-refractivity contribution in [1.29, 1.82) is 0 Å². The Morgan fingerprint density at radius 3 is 2.57 bits per heavy atom. The molecule has 3 aromatic rings. The van der Waals surface area contributed by atoms with Crippen LogP contribution in [0.5, 0.6) is 11.5 Å². The van der Waals surface area contributed by atoms with Gasteiger partial charge in [0.2, 0.25) is 0 Å². The summed E-state index contributed by atoms with van der Waals surface area (Å²) in [5.74, 6) is 1.29. The maximum Gasteiger partial charge on any atom is 0.312 e. The Balaban J connectivity index is 1.91. The smallest absolute Gasteiger partial charge is 0.312 e. The summed E-state index contributed by atoms with van der Waals surface area (Å²) in [6, 6.07) is 20.0. The van der Waals surface area contributed by atoms with E-state index in [2.05, 4.69) is 12.1 Å². The zero-order chi connectivity index (χ0) is 15.8. The Labute approximate surface area is 134 Å². The average molecular weight is 304 g/mol. The molecule has 3 nitrogen and oxygen atoms in total. The first-order valence-electron chi connectivity index (χ1n) is 7.62. The van der Waals surface area contributed by atoms with Gasteiger partial charge in [0.05, 0.1) is 13.5 Å². The lowest BCUT2D eigenvalue weighted by molar-refractivity contribution is -0.135. The van der Waals surface area contributed by atoms with Crippen molar-refractivity contribution < 1.29 is 14.3 Å². The van der Waals surface area contributed by atoms with Gasteiger partial charge in [-0.1, -0.05) is 42.5 Å². The second kappa shape index (κ2) is 5.43. The summed E-state index contributed by atoms with van der Waals surface area (Å²) >= 11 is 0. The van der Waals surface area contributed by atoms with Crippen molar-refractivity contribution in [2.45, 2.75) is 12.3 Å². The van der Waals surface area contributed by atoms with Crippen molar-refractivity contribution in [2.75, 3.05) is 7.11 Å². The van der Waals surface area contributed by atoms with Crippen LogP contribution in [0.15, 0.2) is 60.7 Å². The van der Waals surface area contributed by atoms with Crippen molar-refractivity contribution in [1.82, 2.24) is 0 Å². The Kier molecular flexibility index (Phi) is 3.27. The van der Waals surface area contributed by atoms with Gasteiger partial charge in [-0.25, -0.2) is 0 Å². The number of carbonyl (C=O) groups excluding carboxylic acids is 1. The normalized spacial score (nSPS) is 16.7. The number of methoxy groups -OCH3 is 1. The molecule has 0 amide bonds. The molecule has 1 atom stereocenters. The fourth-order valence-electron chi connectivity index (χ4n) is 3.28. The molecular weight excluding hydrogens is 288 g/mol. The fraction of sp³-hybridized carbons (Fsp3) is 0.150. The minimum atomic E-state index is -0.186. The van der Waals surface area contributed by atoms with E-state index >= 15 is 0 Å². The molecule has 0 radical (unpaired) electrons. The van der Waals surface area contributed by atoms with Crippen LogP contribution in [0.3, 0.4) is 0 Å². The number of rotatable bonds is 2. The van der Waals surface area contributed by atoms with Crippen molar-refractivity contribution in [3.8, 4) is 11.5 Å². The predicted octanol–water partition coefficient (Wildman–Crippen LogP) is 4.29. The van der Waals surface area contributed by atoms with E-state index in [1.807, 2.05) is 48.5 Å². The van der Waals surface area contributed by atoms with Crippen LogP contribution >= 0.6 is 0 Å². The van der Waals surface area contributed by atoms with Crippen molar-refractivity contribution >= 4 is 16.7 Å². The van der Waals surface area contributed by atoms with Gasteiger partial charge < -0.3 is 9.47 Å². The number of hydrogen-bond donors (Lipinski definition) is 0.